The Morgan fingerprint density at radius 3 is 3.00 bits per heavy atom. The Bertz CT molecular complexity index is 657. The average Bonchev–Trinajstić information content (AvgIpc) is 3.23. The fraction of sp³-hybridized carbons (Fsp3) is 0.286. The summed E-state index contributed by atoms with van der Waals surface area (Å²) in [7, 11) is 0. The maximum atomic E-state index is 7.83. The number of allylic oxidation sites excluding steroid dienone is 1. The Kier molecular flexibility index (Phi) is 3.64. The van der Waals surface area contributed by atoms with Gasteiger partial charge in [0.1, 0.15) is 12.2 Å². The number of H-pyrrole nitrogens is 1. The molecule has 2 N–H and O–H groups in total. The van der Waals surface area contributed by atoms with Gasteiger partial charge in [-0.3, -0.25) is 0 Å². The van der Waals surface area contributed by atoms with Crippen LogP contribution in [0.2, 0.25) is 0 Å². The molecule has 0 aliphatic heterocycles. The van der Waals surface area contributed by atoms with Crippen molar-refractivity contribution in [2.75, 3.05) is 6.26 Å². The van der Waals surface area contributed by atoms with E-state index < -0.39 is 0 Å². The fourth-order valence-electron chi connectivity index (χ4n) is 1.85. The third-order valence-electron chi connectivity index (χ3n) is 3.16. The van der Waals surface area contributed by atoms with Crippen LogP contribution >= 0.6 is 11.8 Å². The van der Waals surface area contributed by atoms with Gasteiger partial charge in [0, 0.05) is 11.6 Å². The van der Waals surface area contributed by atoms with E-state index in [2.05, 4.69) is 19.9 Å². The summed E-state index contributed by atoms with van der Waals surface area (Å²) >= 11 is 1.58. The highest BCUT2D eigenvalue weighted by Crippen LogP contribution is 2.30. The van der Waals surface area contributed by atoms with Crippen molar-refractivity contribution in [3.05, 3.63) is 30.5 Å². The molecular formula is C14H15N5S. The summed E-state index contributed by atoms with van der Waals surface area (Å²) in [5.74, 6) is 1.21. The van der Waals surface area contributed by atoms with E-state index in [0.29, 0.717) is 11.6 Å². The molecule has 2 aromatic rings. The van der Waals surface area contributed by atoms with Crippen molar-refractivity contribution in [3.63, 3.8) is 0 Å². The van der Waals surface area contributed by atoms with Crippen LogP contribution in [0, 0.1) is 11.3 Å². The summed E-state index contributed by atoms with van der Waals surface area (Å²) in [5.41, 5.74) is 2.38. The molecule has 0 spiro atoms. The molecule has 0 amide bonds. The number of thioether (sulfide) groups is 1. The third kappa shape index (κ3) is 2.96. The van der Waals surface area contributed by atoms with E-state index in [4.69, 9.17) is 5.41 Å². The van der Waals surface area contributed by atoms with Gasteiger partial charge in [-0.25, -0.2) is 15.0 Å². The lowest BCUT2D eigenvalue weighted by Gasteiger charge is -1.98. The second-order valence-electron chi connectivity index (χ2n) is 4.69. The van der Waals surface area contributed by atoms with E-state index in [1.54, 1.807) is 24.3 Å². The lowest BCUT2D eigenvalue weighted by atomic mass is 10.2. The summed E-state index contributed by atoms with van der Waals surface area (Å²) in [4.78, 5) is 15.9. The molecule has 0 aromatic carbocycles. The quantitative estimate of drug-likeness (QED) is 0.503. The minimum atomic E-state index is 0.465. The Hall–Kier alpha value is -1.95. The molecule has 1 aliphatic rings. The molecule has 2 aromatic heterocycles. The molecule has 102 valence electrons. The van der Waals surface area contributed by atoms with E-state index in [1.807, 2.05) is 24.5 Å². The highest BCUT2D eigenvalue weighted by molar-refractivity contribution is 7.98. The van der Waals surface area contributed by atoms with Gasteiger partial charge in [0.15, 0.2) is 0 Å². The van der Waals surface area contributed by atoms with Gasteiger partial charge in [-0.1, -0.05) is 0 Å². The summed E-state index contributed by atoms with van der Waals surface area (Å²) in [5, 5.41) is 8.76. The number of nitrogens with one attached hydrogen (secondary N) is 2. The summed E-state index contributed by atoms with van der Waals surface area (Å²) in [6.45, 7) is 0. The van der Waals surface area contributed by atoms with Crippen LogP contribution in [0.3, 0.4) is 0 Å². The van der Waals surface area contributed by atoms with Gasteiger partial charge < -0.3 is 10.4 Å². The van der Waals surface area contributed by atoms with Crippen molar-refractivity contribution < 1.29 is 0 Å². The highest BCUT2D eigenvalue weighted by atomic mass is 32.2. The van der Waals surface area contributed by atoms with Gasteiger partial charge in [0.25, 0.3) is 0 Å². The molecule has 20 heavy (non-hydrogen) atoms. The van der Waals surface area contributed by atoms with Crippen molar-refractivity contribution in [1.82, 2.24) is 19.9 Å². The summed E-state index contributed by atoms with van der Waals surface area (Å²) < 4.78 is 0. The molecule has 0 atom stereocenters. The van der Waals surface area contributed by atoms with Gasteiger partial charge >= 0.3 is 0 Å². The van der Waals surface area contributed by atoms with Crippen LogP contribution < -0.4 is 0 Å². The van der Waals surface area contributed by atoms with Gasteiger partial charge in [-0.15, -0.1) is 11.8 Å². The number of rotatable bonds is 5. The summed E-state index contributed by atoms with van der Waals surface area (Å²) in [6, 6.07) is 1.93. The number of hydrogen-bond acceptors (Lipinski definition) is 5. The Balaban J connectivity index is 1.77. The predicted octanol–water partition coefficient (Wildman–Crippen LogP) is 3.03. The zero-order valence-corrected chi connectivity index (χ0v) is 11.9. The molecule has 0 saturated heterocycles. The van der Waals surface area contributed by atoms with Crippen LogP contribution in [-0.2, 0) is 0 Å². The second kappa shape index (κ2) is 5.58. The van der Waals surface area contributed by atoms with Crippen LogP contribution in [0.15, 0.2) is 29.7 Å². The van der Waals surface area contributed by atoms with Crippen LogP contribution in [-0.4, -0.2) is 31.9 Å². The van der Waals surface area contributed by atoms with Crippen LogP contribution in [0.4, 0.5) is 0 Å². The van der Waals surface area contributed by atoms with Crippen LogP contribution in [0.1, 0.15) is 18.7 Å². The van der Waals surface area contributed by atoms with Gasteiger partial charge in [0.05, 0.1) is 22.6 Å². The van der Waals surface area contributed by atoms with Crippen LogP contribution in [0.5, 0.6) is 0 Å². The zero-order valence-electron chi connectivity index (χ0n) is 11.1. The lowest BCUT2D eigenvalue weighted by molar-refractivity contribution is 1.05. The molecule has 0 radical (unpaired) electrons. The first-order valence-corrected chi connectivity index (χ1v) is 7.66. The first-order valence-electron chi connectivity index (χ1n) is 6.44. The number of aromatic nitrogens is 4. The Morgan fingerprint density at radius 2 is 2.25 bits per heavy atom. The number of aromatic amines is 1. The minimum Gasteiger partial charge on any atom is -0.337 e. The topological polar surface area (TPSA) is 78.3 Å². The normalized spacial score (nSPS) is 14.8. The van der Waals surface area contributed by atoms with Gasteiger partial charge in [-0.05, 0) is 37.3 Å². The van der Waals surface area contributed by atoms with Gasteiger partial charge in [-0.2, -0.15) is 0 Å². The maximum Gasteiger partial charge on any atom is 0.130 e. The molecule has 5 nitrogen and oxygen atoms in total. The largest absolute Gasteiger partial charge is 0.337 e. The van der Waals surface area contributed by atoms with Crippen molar-refractivity contribution >= 4 is 23.5 Å². The number of nitrogens with zero attached hydrogens (tertiary/aromatic N) is 3. The van der Waals surface area contributed by atoms with E-state index in [0.717, 1.165) is 35.1 Å². The molecule has 1 aliphatic carbocycles. The highest BCUT2D eigenvalue weighted by Gasteiger charge is 2.24. The summed E-state index contributed by atoms with van der Waals surface area (Å²) in [6.07, 6.45) is 11.3. The second-order valence-corrected chi connectivity index (χ2v) is 5.52. The van der Waals surface area contributed by atoms with E-state index in [9.17, 15) is 0 Å². The predicted molar refractivity (Wildman–Crippen MR) is 80.9 cm³/mol. The van der Waals surface area contributed by atoms with Crippen molar-refractivity contribution in [2.24, 2.45) is 5.92 Å². The monoisotopic (exact) mass is 285 g/mol. The van der Waals surface area contributed by atoms with E-state index >= 15 is 0 Å². The molecular weight excluding hydrogens is 270 g/mol. The van der Waals surface area contributed by atoms with E-state index in [-0.39, 0.29) is 0 Å². The van der Waals surface area contributed by atoms with Crippen molar-refractivity contribution in [3.8, 4) is 11.4 Å². The third-order valence-corrected chi connectivity index (χ3v) is 3.80. The minimum absolute atomic E-state index is 0.465. The average molecular weight is 285 g/mol. The van der Waals surface area contributed by atoms with Gasteiger partial charge in [0.2, 0.25) is 0 Å². The first kappa shape index (κ1) is 13.1. The molecule has 3 rings (SSSR count). The first-order chi connectivity index (χ1) is 9.76. The molecule has 0 unspecified atom stereocenters. The number of hydrogen-bond donors (Lipinski definition) is 2. The molecule has 6 heteroatoms. The molecule has 1 saturated carbocycles. The van der Waals surface area contributed by atoms with Crippen LogP contribution in [0.25, 0.3) is 17.5 Å². The number of imidazole rings is 1. The molecule has 2 heterocycles. The maximum absolute atomic E-state index is 7.83. The van der Waals surface area contributed by atoms with E-state index in [1.165, 1.54) is 0 Å². The standard InChI is InChI=1S/C14H15N5S/c1-20-14-6-11(17-8-18-14)12-7-16-13(19-12)5-4-10(15)9-2-3-9/h4-9,15H,2-3H2,1H3,(H,16,19)/b5-4-,15-10?. The fourth-order valence-corrected chi connectivity index (χ4v) is 2.23. The Labute approximate surface area is 121 Å². The lowest BCUT2D eigenvalue weighted by Crippen LogP contribution is -1.92. The van der Waals surface area contributed by atoms with Crippen molar-refractivity contribution in [1.29, 1.82) is 5.41 Å². The van der Waals surface area contributed by atoms with Crippen molar-refractivity contribution in [2.45, 2.75) is 17.9 Å². The smallest absolute Gasteiger partial charge is 0.130 e. The SMILES string of the molecule is CSc1cc(-c2cnc(/C=C\C(=N)C3CC3)[nH]2)ncn1. The molecule has 0 bridgehead atoms. The molecule has 1 fully saturated rings. The zero-order chi connectivity index (χ0) is 13.9. The Morgan fingerprint density at radius 1 is 1.40 bits per heavy atom.